The van der Waals surface area contributed by atoms with E-state index in [0.29, 0.717) is 82.6 Å². The highest BCUT2D eigenvalue weighted by molar-refractivity contribution is 9.10. The lowest BCUT2D eigenvalue weighted by atomic mass is 9.89. The second-order valence-corrected chi connectivity index (χ2v) is 38.8. The van der Waals surface area contributed by atoms with E-state index in [0.717, 1.165) is 148 Å². The van der Waals surface area contributed by atoms with E-state index >= 15 is 0 Å². The number of ketones is 2. The number of rotatable bonds is 41. The summed E-state index contributed by atoms with van der Waals surface area (Å²) in [6, 6.07) is 60.7. The third-order valence-corrected chi connectivity index (χ3v) is 24.5. The van der Waals surface area contributed by atoms with Crippen molar-refractivity contribution in [3.8, 4) is 39.8 Å². The first kappa shape index (κ1) is 125. The number of pyridine rings is 3. The molecule has 0 aliphatic rings. The number of nitrogens with zero attached hydrogens (tertiary/aromatic N) is 5. The highest BCUT2D eigenvalue weighted by Gasteiger charge is 2.30. The number of halogens is 9. The van der Waals surface area contributed by atoms with Gasteiger partial charge in [0.2, 0.25) is 34.8 Å². The first-order valence-electron chi connectivity index (χ1n) is 49.2. The maximum atomic E-state index is 13.5. The third kappa shape index (κ3) is 42.1. The molecular formula is C117H141Br2Cl2F5N6O16. The number of ether oxygens (including phenoxy) is 5. The van der Waals surface area contributed by atoms with Gasteiger partial charge in [0.25, 0.3) is 0 Å². The fourth-order valence-electron chi connectivity index (χ4n) is 15.2. The van der Waals surface area contributed by atoms with Gasteiger partial charge in [0, 0.05) is 119 Å². The van der Waals surface area contributed by atoms with Crippen molar-refractivity contribution >= 4 is 95.5 Å². The monoisotopic (exact) mass is 2210 g/mol. The van der Waals surface area contributed by atoms with Crippen LogP contribution in [0.4, 0.5) is 27.8 Å². The number of aliphatic hydroxyl groups excluding tert-OH is 8. The Bertz CT molecular complexity index is 6230. The third-order valence-electron chi connectivity index (χ3n) is 22.9. The number of hydrogen-bond donors (Lipinski definition) is 9. The van der Waals surface area contributed by atoms with Gasteiger partial charge in [-0.05, 0) is 258 Å². The average molecular weight is 2210 g/mol. The molecule has 8 atom stereocenters. The molecule has 0 fully saturated rings. The van der Waals surface area contributed by atoms with Crippen LogP contribution in [0.2, 0.25) is 10.0 Å². The Balaban J connectivity index is 0.000000270. The van der Waals surface area contributed by atoms with Crippen molar-refractivity contribution in [2.24, 2.45) is 29.6 Å². The molecule has 148 heavy (non-hydrogen) atoms. The van der Waals surface area contributed by atoms with Gasteiger partial charge in [0.05, 0.1) is 81.8 Å². The topological polar surface area (TPSA) is 333 Å². The number of Topliss-reactive ketones (excluding diaryl/α,β-unsaturated/α-hetero) is 2. The summed E-state index contributed by atoms with van der Waals surface area (Å²) in [5.41, 5.74) is 21.3. The molecule has 31 heteroatoms. The maximum Gasteiger partial charge on any atom is 0.343 e. The zero-order valence-corrected chi connectivity index (χ0v) is 91.2. The van der Waals surface area contributed by atoms with E-state index in [1.165, 1.54) is 28.3 Å². The Labute approximate surface area is 893 Å². The number of carbonyl (C=O) groups excluding carboxylic acids is 3. The molecule has 798 valence electrons. The Morgan fingerprint density at radius 2 is 0.804 bits per heavy atom. The molecule has 0 aliphatic heterocycles. The lowest BCUT2D eigenvalue weighted by Gasteiger charge is -2.16. The number of fused-ring (bicyclic) bond motifs is 2. The fourth-order valence-corrected chi connectivity index (χ4v) is 16.2. The number of hydrogen-bond acceptors (Lipinski definition) is 20. The number of aromatic nitrogens is 5. The quantitative estimate of drug-likeness (QED) is 0.00251. The molecule has 0 amide bonds. The number of imidazole rings is 2. The predicted molar refractivity (Wildman–Crippen MR) is 586 cm³/mol. The van der Waals surface area contributed by atoms with Crippen LogP contribution in [0.3, 0.4) is 0 Å². The van der Waals surface area contributed by atoms with Crippen LogP contribution in [0, 0.1) is 58.7 Å². The van der Waals surface area contributed by atoms with E-state index in [9.17, 15) is 51.7 Å². The molecule has 13 rings (SSSR count). The Hall–Kier alpha value is -11.6. The summed E-state index contributed by atoms with van der Waals surface area (Å²) in [5.74, 6) is -9.52. The first-order valence-corrected chi connectivity index (χ1v) is 51.9. The molecule has 8 aromatic carbocycles. The van der Waals surface area contributed by atoms with Crippen LogP contribution in [-0.2, 0) is 41.6 Å². The van der Waals surface area contributed by atoms with Gasteiger partial charge in [-0.2, -0.15) is 8.78 Å². The lowest BCUT2D eigenvalue weighted by Crippen LogP contribution is -2.14. The molecular weight excluding hydrogens is 2070 g/mol. The van der Waals surface area contributed by atoms with Crippen molar-refractivity contribution in [2.75, 3.05) is 57.3 Å². The summed E-state index contributed by atoms with van der Waals surface area (Å²) < 4.78 is 96.7. The van der Waals surface area contributed by atoms with Crippen LogP contribution < -0.4 is 19.9 Å². The number of anilines is 1. The van der Waals surface area contributed by atoms with Crippen LogP contribution in [0.1, 0.15) is 235 Å². The van der Waals surface area contributed by atoms with Crippen LogP contribution in [0.5, 0.6) is 17.2 Å². The summed E-state index contributed by atoms with van der Waals surface area (Å²) in [4.78, 5) is 49.5. The number of benzene rings is 8. The van der Waals surface area contributed by atoms with Crippen molar-refractivity contribution in [3.05, 3.63) is 354 Å². The van der Waals surface area contributed by atoms with Gasteiger partial charge in [0.15, 0.2) is 11.6 Å². The van der Waals surface area contributed by atoms with Crippen LogP contribution in [0.25, 0.3) is 39.6 Å². The number of nitrogens with two attached hydrogens (primary N) is 1. The molecule has 0 radical (unpaired) electrons. The molecule has 22 nitrogen and oxygen atoms in total. The minimum atomic E-state index is -2.35. The van der Waals surface area contributed by atoms with Crippen molar-refractivity contribution in [1.82, 2.24) is 23.8 Å². The number of carbonyl (C=O) groups is 3. The van der Waals surface area contributed by atoms with Crippen molar-refractivity contribution < 1.29 is 101 Å². The highest BCUT2D eigenvalue weighted by atomic mass is 79.9. The van der Waals surface area contributed by atoms with E-state index < -0.39 is 59.1 Å². The lowest BCUT2D eigenvalue weighted by molar-refractivity contribution is 0.0715. The zero-order chi connectivity index (χ0) is 109. The normalized spacial score (nSPS) is 12.5. The van der Waals surface area contributed by atoms with E-state index in [1.54, 1.807) is 71.1 Å². The number of allylic oxidation sites excluding steroid dienone is 1. The molecule has 5 aromatic heterocycles. The molecule has 0 aliphatic carbocycles. The number of esters is 1. The van der Waals surface area contributed by atoms with Crippen molar-refractivity contribution in [2.45, 2.75) is 198 Å². The Kier molecular flexibility index (Phi) is 55.3. The SMILES string of the molecule is C=C(C)OCC.C=C(OCC)c1ccc(CC(C)CCO)cc1.CC(C)Oc1ccc(C(=O)C[C@H](CCO)Cc2ccc(-c3cn4cccc(C(C)O)c4n3)cc2)cc1Cl.CC(C)Oc1ccc(C(=O)Oc2c(F)c(F)c(F)c(F)c2F)cc1Cl.CC(CCO)Cc1ccc(-c2cn3cccc(C(C)O)c3n2)cc1.CC(CCO)Cc1ccc(Br)cc1.CC(CCO)Cc1ccc(C(=O)CBr)cc1.CC(O)c1cccnc1N. The molecule has 0 spiro atoms. The largest absolute Gasteiger partial charge is 0.499 e. The predicted octanol–water partition coefficient (Wildman–Crippen LogP) is 26.3. The van der Waals surface area contributed by atoms with Crippen LogP contribution >= 0.6 is 55.1 Å². The summed E-state index contributed by atoms with van der Waals surface area (Å²) >= 11 is 18.8. The Morgan fingerprint density at radius 3 is 1.16 bits per heavy atom. The van der Waals surface area contributed by atoms with Gasteiger partial charge in [-0.3, -0.25) is 9.59 Å². The summed E-state index contributed by atoms with van der Waals surface area (Å²) in [5, 5.41) is 74.9. The minimum Gasteiger partial charge on any atom is -0.499 e. The number of aliphatic hydroxyl groups is 8. The minimum absolute atomic E-state index is 0.000520. The van der Waals surface area contributed by atoms with Gasteiger partial charge >= 0.3 is 5.97 Å². The molecule has 0 saturated carbocycles. The molecule has 0 bridgehead atoms. The fraction of sp³-hybridized carbons (Fsp3) is 0.368. The van der Waals surface area contributed by atoms with E-state index in [2.05, 4.69) is 143 Å². The van der Waals surface area contributed by atoms with Gasteiger partial charge in [0.1, 0.15) is 34.4 Å². The maximum absolute atomic E-state index is 13.5. The second-order valence-electron chi connectivity index (χ2n) is 36.5. The van der Waals surface area contributed by atoms with Gasteiger partial charge in [-0.15, -0.1) is 0 Å². The molecule has 13 aromatic rings. The molecule has 7 unspecified atom stereocenters. The molecule has 5 heterocycles. The molecule has 0 saturated heterocycles. The van der Waals surface area contributed by atoms with Gasteiger partial charge in [-0.25, -0.2) is 32.9 Å². The summed E-state index contributed by atoms with van der Waals surface area (Å²) in [7, 11) is 0. The van der Waals surface area contributed by atoms with E-state index in [1.807, 2.05) is 153 Å². The van der Waals surface area contributed by atoms with Crippen LogP contribution in [0.15, 0.2) is 248 Å². The van der Waals surface area contributed by atoms with Crippen molar-refractivity contribution in [1.29, 1.82) is 0 Å². The molecule has 10 N–H and O–H groups in total. The van der Waals surface area contributed by atoms with Gasteiger partial charge < -0.3 is 79.1 Å². The average Bonchev–Trinajstić information content (AvgIpc) is 1.38. The Morgan fingerprint density at radius 1 is 0.446 bits per heavy atom. The highest BCUT2D eigenvalue weighted by Crippen LogP contribution is 2.35. The van der Waals surface area contributed by atoms with E-state index in [4.69, 9.17) is 83.4 Å². The zero-order valence-electron chi connectivity index (χ0n) is 86.5. The summed E-state index contributed by atoms with van der Waals surface area (Å²) in [6.45, 7) is 36.6. The number of nitrogen functional groups attached to an aromatic ring is 1. The van der Waals surface area contributed by atoms with Crippen LogP contribution in [-0.4, -0.2) is 146 Å². The number of alkyl halides is 1. The van der Waals surface area contributed by atoms with Gasteiger partial charge in [-0.1, -0.05) is 223 Å². The summed E-state index contributed by atoms with van der Waals surface area (Å²) in [6.07, 6.45) is 16.4. The standard InChI is InChI=1S/C30H33ClN2O4.C20H24N2O2.C16H10ClF5O3.C15H22O2.C13H17BrO2.C11H15BrO.C7H10N2O.C5H10O/c1-19(2)37-29-11-10-24(17-26(29)31)28(36)16-22(12-14-34)15-21-6-8-23(9-7-21)27-18-33-13-4-5-25(20(3)35)30(33)32-27;1-14(9-11-23)12-16-5-7-17(8-6-16)19-13-22-10-3-4-18(15(2)24)20(22)21-19;1-6(2)24-9-4-3-7(5-8(9)17)16(23)25-15-13(21)11(19)10(18)12(20)14(15)22;1-4-17-13(3)15-7-5-14(6-8-15)11-12(2)9-10-16;1-10(6-7-15)8-11-2-4-12(5-3-11)13(16)9-14;1-9(6-7-13)8-10-2-4-11(12)5-3-10;1-5(10)6-3-2-4-9-7(6)8;1-4-6-5(2)3/h4-11,13,17-20,22,34-35H,12,14-16H2,1-3H3;3-8,10,13-15,23-24H,9,11-12H2,1-2H3;3-6H,1-2H3;5-8,12,16H,3-4,9-11H2,1-2H3;2-5,10,15H,6-9H2,1H3;2-5,9,13H,6-8H2,1H3;2-5,10H,1H3,(H2,8,9);2,4H2,1,3H3/t20?,22-;;;;;;;/m1......./s1. The smallest absolute Gasteiger partial charge is 0.343 e. The first-order chi connectivity index (χ1) is 70.5. The van der Waals surface area contributed by atoms with E-state index in [-0.39, 0.29) is 79.1 Å². The van der Waals surface area contributed by atoms with Crippen molar-refractivity contribution in [3.63, 3.8) is 0 Å². The second kappa shape index (κ2) is 65.4.